The van der Waals surface area contributed by atoms with E-state index in [1.54, 1.807) is 0 Å². The van der Waals surface area contributed by atoms with Crippen LogP contribution in [0.25, 0.3) is 0 Å². The van der Waals surface area contributed by atoms with E-state index >= 15 is 0 Å². The molecule has 1 amide bonds. The lowest BCUT2D eigenvalue weighted by Gasteiger charge is -2.26. The molecule has 7 heteroatoms. The van der Waals surface area contributed by atoms with Gasteiger partial charge in [0.15, 0.2) is 5.82 Å². The van der Waals surface area contributed by atoms with E-state index in [1.165, 1.54) is 5.56 Å². The Morgan fingerprint density at radius 3 is 2.81 bits per heavy atom. The van der Waals surface area contributed by atoms with Crippen molar-refractivity contribution >= 4 is 5.91 Å². The van der Waals surface area contributed by atoms with E-state index < -0.39 is 0 Å². The van der Waals surface area contributed by atoms with E-state index in [9.17, 15) is 4.79 Å². The molecule has 2 fully saturated rings. The molecule has 7 nitrogen and oxygen atoms in total. The summed E-state index contributed by atoms with van der Waals surface area (Å²) in [5, 5.41) is 7.47. The first kappa shape index (κ1) is 17.1. The first-order chi connectivity index (χ1) is 12.5. The zero-order chi connectivity index (χ0) is 18.3. The predicted octanol–water partition coefficient (Wildman–Crippen LogP) is 1.44. The Labute approximate surface area is 153 Å². The van der Waals surface area contributed by atoms with E-state index in [0.29, 0.717) is 18.9 Å². The smallest absolute Gasteiger partial charge is 0.222 e. The highest BCUT2D eigenvalue weighted by Gasteiger charge is 2.56. The lowest BCUT2D eigenvalue weighted by atomic mass is 9.80. The third kappa shape index (κ3) is 2.90. The number of hydrogen-bond acceptors (Lipinski definition) is 5. The zero-order valence-corrected chi connectivity index (χ0v) is 15.7. The van der Waals surface area contributed by atoms with Crippen molar-refractivity contribution in [3.8, 4) is 0 Å². The van der Waals surface area contributed by atoms with Gasteiger partial charge in [0.05, 0.1) is 11.1 Å². The second kappa shape index (κ2) is 6.46. The number of fused-ring (bicyclic) bond motifs is 1. The number of rotatable bonds is 4. The van der Waals surface area contributed by atoms with Crippen LogP contribution in [0.3, 0.4) is 0 Å². The Hall–Kier alpha value is -2.28. The first-order valence-electron chi connectivity index (χ1n) is 9.31. The Morgan fingerprint density at radius 2 is 2.15 bits per heavy atom. The summed E-state index contributed by atoms with van der Waals surface area (Å²) >= 11 is 0. The zero-order valence-electron chi connectivity index (χ0n) is 15.7. The molecule has 2 aliphatic heterocycles. The van der Waals surface area contributed by atoms with Gasteiger partial charge in [-0.15, -0.1) is 0 Å². The minimum Gasteiger partial charge on any atom is -0.341 e. The summed E-state index contributed by atoms with van der Waals surface area (Å²) in [4.78, 5) is 25.9. The Kier molecular flexibility index (Phi) is 4.26. The molecule has 138 valence electrons. The van der Waals surface area contributed by atoms with Crippen LogP contribution in [0.5, 0.6) is 0 Å². The first-order valence-corrected chi connectivity index (χ1v) is 9.31. The number of carbonyl (C=O) groups is 1. The number of nitrogens with one attached hydrogen (secondary N) is 1. The van der Waals surface area contributed by atoms with Gasteiger partial charge in [-0.05, 0) is 25.5 Å². The number of aryl methyl sites for hydroxylation is 2. The molecule has 0 aliphatic carbocycles. The van der Waals surface area contributed by atoms with Crippen molar-refractivity contribution in [1.29, 1.82) is 0 Å². The van der Waals surface area contributed by atoms with Gasteiger partial charge < -0.3 is 4.90 Å². The molecule has 0 spiro atoms. The highest BCUT2D eigenvalue weighted by molar-refractivity contribution is 5.76. The van der Waals surface area contributed by atoms with Crippen LogP contribution in [0, 0.1) is 19.8 Å². The van der Waals surface area contributed by atoms with Crippen molar-refractivity contribution in [2.75, 3.05) is 26.2 Å². The molecule has 26 heavy (non-hydrogen) atoms. The highest BCUT2D eigenvalue weighted by atomic mass is 16.2. The van der Waals surface area contributed by atoms with Crippen LogP contribution in [0.4, 0.5) is 0 Å². The molecule has 0 radical (unpaired) electrons. The molecule has 4 heterocycles. The van der Waals surface area contributed by atoms with Crippen molar-refractivity contribution in [2.45, 2.75) is 39.2 Å². The number of likely N-dealkylation sites (tertiary alicyclic amines) is 2. The van der Waals surface area contributed by atoms with Gasteiger partial charge in [-0.25, -0.2) is 4.98 Å². The van der Waals surface area contributed by atoms with Gasteiger partial charge in [-0.3, -0.25) is 19.8 Å². The number of carbonyl (C=O) groups excluding carboxylic acids is 1. The van der Waals surface area contributed by atoms with E-state index in [2.05, 4.69) is 44.1 Å². The molecule has 1 N–H and O–H groups in total. The molecule has 0 aromatic carbocycles. The van der Waals surface area contributed by atoms with E-state index in [1.807, 2.05) is 24.9 Å². The topological polar surface area (TPSA) is 78.0 Å². The molecule has 2 atom stereocenters. The van der Waals surface area contributed by atoms with Crippen LogP contribution in [0.15, 0.2) is 18.3 Å². The number of H-pyrrole nitrogens is 1. The second-order valence-electron chi connectivity index (χ2n) is 7.72. The summed E-state index contributed by atoms with van der Waals surface area (Å²) < 4.78 is 0. The van der Waals surface area contributed by atoms with Crippen molar-refractivity contribution in [3.05, 3.63) is 41.2 Å². The number of aromatic amines is 1. The molecule has 4 rings (SSSR count). The van der Waals surface area contributed by atoms with E-state index in [-0.39, 0.29) is 11.3 Å². The number of hydrogen-bond donors (Lipinski definition) is 1. The fourth-order valence-corrected chi connectivity index (χ4v) is 4.41. The Bertz CT molecular complexity index is 801. The average Bonchev–Trinajstić information content (AvgIpc) is 3.29. The number of amides is 1. The number of nitrogens with zero attached hydrogens (tertiary/aromatic N) is 5. The van der Waals surface area contributed by atoms with Gasteiger partial charge in [-0.2, -0.15) is 5.10 Å². The van der Waals surface area contributed by atoms with Gasteiger partial charge in [-0.1, -0.05) is 13.0 Å². The third-order valence-corrected chi connectivity index (χ3v) is 5.74. The predicted molar refractivity (Wildman–Crippen MR) is 97.4 cm³/mol. The van der Waals surface area contributed by atoms with Crippen LogP contribution in [-0.2, 0) is 16.8 Å². The molecule has 0 bridgehead atoms. The van der Waals surface area contributed by atoms with Gasteiger partial charge >= 0.3 is 0 Å². The lowest BCUT2D eigenvalue weighted by Crippen LogP contribution is -2.40. The lowest BCUT2D eigenvalue weighted by molar-refractivity contribution is -0.130. The molecule has 2 aromatic heterocycles. The van der Waals surface area contributed by atoms with Gasteiger partial charge in [0.2, 0.25) is 5.91 Å². The Morgan fingerprint density at radius 1 is 1.31 bits per heavy atom. The summed E-state index contributed by atoms with van der Waals surface area (Å²) in [7, 11) is 0. The standard InChI is InChI=1S/C19H26N6O/c1-4-17(26)25-9-15-8-24(10-16-6-5-13(2)7-20-16)11-19(15,12-25)18-21-14(3)22-23-18/h5-7,15H,4,8-12H2,1-3H3,(H,21,22,23)/t15-,19-/m1/s1. The number of aromatic nitrogens is 4. The largest absolute Gasteiger partial charge is 0.341 e. The molecule has 0 saturated carbocycles. The molecular formula is C19H26N6O. The fourth-order valence-electron chi connectivity index (χ4n) is 4.41. The van der Waals surface area contributed by atoms with Crippen molar-refractivity contribution in [2.24, 2.45) is 5.92 Å². The summed E-state index contributed by atoms with van der Waals surface area (Å²) in [6.45, 7) is 10.0. The molecule has 2 aromatic rings. The maximum Gasteiger partial charge on any atom is 0.222 e. The molecule has 0 unspecified atom stereocenters. The van der Waals surface area contributed by atoms with E-state index in [4.69, 9.17) is 0 Å². The van der Waals surface area contributed by atoms with Gasteiger partial charge in [0.25, 0.3) is 0 Å². The maximum atomic E-state index is 12.3. The van der Waals surface area contributed by atoms with Gasteiger partial charge in [0.1, 0.15) is 5.82 Å². The van der Waals surface area contributed by atoms with Crippen molar-refractivity contribution < 1.29 is 4.79 Å². The molecule has 2 aliphatic rings. The quantitative estimate of drug-likeness (QED) is 0.899. The maximum absolute atomic E-state index is 12.3. The van der Waals surface area contributed by atoms with Gasteiger partial charge in [0, 0.05) is 51.3 Å². The van der Waals surface area contributed by atoms with E-state index in [0.717, 1.165) is 43.5 Å². The summed E-state index contributed by atoms with van der Waals surface area (Å²) in [6.07, 6.45) is 2.47. The number of pyridine rings is 1. The monoisotopic (exact) mass is 354 g/mol. The van der Waals surface area contributed by atoms with Crippen molar-refractivity contribution in [3.63, 3.8) is 0 Å². The van der Waals surface area contributed by atoms with Crippen LogP contribution in [0.2, 0.25) is 0 Å². The minimum atomic E-state index is -0.180. The molecule has 2 saturated heterocycles. The Balaban J connectivity index is 1.58. The second-order valence-corrected chi connectivity index (χ2v) is 7.72. The van der Waals surface area contributed by atoms with Crippen LogP contribution >= 0.6 is 0 Å². The van der Waals surface area contributed by atoms with Crippen LogP contribution in [-0.4, -0.2) is 62.1 Å². The average molecular weight is 354 g/mol. The normalized spacial score (nSPS) is 25.7. The molecular weight excluding hydrogens is 328 g/mol. The SMILES string of the molecule is CCC(=O)N1C[C@H]2CN(Cc3ccc(C)cn3)C[C@@]2(c2n[nH]c(C)n2)C1. The summed E-state index contributed by atoms with van der Waals surface area (Å²) in [6, 6.07) is 4.20. The van der Waals surface area contributed by atoms with Crippen LogP contribution in [0.1, 0.15) is 36.3 Å². The highest BCUT2D eigenvalue weighted by Crippen LogP contribution is 2.44. The summed E-state index contributed by atoms with van der Waals surface area (Å²) in [5.41, 5.74) is 2.08. The fraction of sp³-hybridized carbons (Fsp3) is 0.579. The van der Waals surface area contributed by atoms with Crippen LogP contribution < -0.4 is 0 Å². The third-order valence-electron chi connectivity index (χ3n) is 5.74. The minimum absolute atomic E-state index is 0.180. The summed E-state index contributed by atoms with van der Waals surface area (Å²) in [5.74, 6) is 2.26. The van der Waals surface area contributed by atoms with Crippen molar-refractivity contribution in [1.82, 2.24) is 30.0 Å².